The number of nitrogens with zero attached hydrogens (tertiary/aromatic N) is 3. The maximum Gasteiger partial charge on any atom is 0.227 e. The molecule has 0 unspecified atom stereocenters. The lowest BCUT2D eigenvalue weighted by Crippen LogP contribution is -2.29. The quantitative estimate of drug-likeness (QED) is 0.922. The zero-order valence-corrected chi connectivity index (χ0v) is 12.9. The van der Waals surface area contributed by atoms with Gasteiger partial charge in [-0.15, -0.1) is 0 Å². The van der Waals surface area contributed by atoms with Gasteiger partial charge >= 0.3 is 0 Å². The number of hydrogen-bond acceptors (Lipinski definition) is 4. The molecule has 1 saturated heterocycles. The van der Waals surface area contributed by atoms with Crippen LogP contribution in [0.25, 0.3) is 5.69 Å². The van der Waals surface area contributed by atoms with Crippen molar-refractivity contribution in [2.45, 2.75) is 12.8 Å². The van der Waals surface area contributed by atoms with Gasteiger partial charge in [-0.2, -0.15) is 5.10 Å². The second-order valence-corrected chi connectivity index (χ2v) is 5.79. The van der Waals surface area contributed by atoms with Crippen LogP contribution >= 0.6 is 15.9 Å². The summed E-state index contributed by atoms with van der Waals surface area (Å²) in [5.41, 5.74) is 1.50. The van der Waals surface area contributed by atoms with Crippen molar-refractivity contribution >= 4 is 27.5 Å². The van der Waals surface area contributed by atoms with Crippen LogP contribution in [0, 0.1) is 5.92 Å². The minimum absolute atomic E-state index is 0.00123. The Hall–Kier alpha value is -1.73. The normalized spacial score (nSPS) is 15.9. The van der Waals surface area contributed by atoms with Gasteiger partial charge in [0.05, 0.1) is 11.4 Å². The van der Waals surface area contributed by atoms with Gasteiger partial charge in [0.2, 0.25) is 5.91 Å². The predicted molar refractivity (Wildman–Crippen MR) is 81.2 cm³/mol. The largest absolute Gasteiger partial charge is 0.381 e. The highest BCUT2D eigenvalue weighted by Gasteiger charge is 2.22. The van der Waals surface area contributed by atoms with Gasteiger partial charge in [0.1, 0.15) is 12.7 Å². The summed E-state index contributed by atoms with van der Waals surface area (Å²) in [5.74, 6) is 0.0269. The first-order chi connectivity index (χ1) is 10.2. The highest BCUT2D eigenvalue weighted by molar-refractivity contribution is 9.10. The third kappa shape index (κ3) is 3.30. The van der Waals surface area contributed by atoms with E-state index in [9.17, 15) is 4.79 Å². The van der Waals surface area contributed by atoms with Crippen molar-refractivity contribution in [3.8, 4) is 5.69 Å². The van der Waals surface area contributed by atoms with Gasteiger partial charge in [0, 0.05) is 23.6 Å². The van der Waals surface area contributed by atoms with Crippen molar-refractivity contribution in [2.24, 2.45) is 5.92 Å². The van der Waals surface area contributed by atoms with Gasteiger partial charge < -0.3 is 10.1 Å². The van der Waals surface area contributed by atoms with Gasteiger partial charge in [0.15, 0.2) is 0 Å². The van der Waals surface area contributed by atoms with Crippen LogP contribution in [0.1, 0.15) is 12.8 Å². The number of ether oxygens (including phenoxy) is 1. The number of anilines is 1. The number of carbonyl (C=O) groups is 1. The molecule has 0 bridgehead atoms. The molecule has 3 rings (SSSR count). The van der Waals surface area contributed by atoms with E-state index in [2.05, 4.69) is 31.3 Å². The van der Waals surface area contributed by atoms with Crippen LogP contribution in [-0.2, 0) is 9.53 Å². The number of aromatic nitrogens is 3. The number of halogens is 1. The van der Waals surface area contributed by atoms with Crippen LogP contribution in [0.4, 0.5) is 5.69 Å². The van der Waals surface area contributed by atoms with Crippen molar-refractivity contribution in [3.05, 3.63) is 35.3 Å². The Balaban J connectivity index is 1.84. The van der Waals surface area contributed by atoms with Gasteiger partial charge in [0.25, 0.3) is 0 Å². The molecule has 7 heteroatoms. The predicted octanol–water partition coefficient (Wildman–Crippen LogP) is 2.39. The molecular weight excluding hydrogens is 336 g/mol. The maximum absolute atomic E-state index is 12.4. The molecule has 110 valence electrons. The molecule has 1 aliphatic rings. The fourth-order valence-electron chi connectivity index (χ4n) is 2.34. The topological polar surface area (TPSA) is 69.0 Å². The Kier molecular flexibility index (Phi) is 4.31. The number of amides is 1. The van der Waals surface area contributed by atoms with Crippen LogP contribution in [0.5, 0.6) is 0 Å². The first-order valence-electron chi connectivity index (χ1n) is 6.77. The van der Waals surface area contributed by atoms with Crippen molar-refractivity contribution < 1.29 is 9.53 Å². The molecule has 2 heterocycles. The second-order valence-electron chi connectivity index (χ2n) is 4.88. The highest BCUT2D eigenvalue weighted by atomic mass is 79.9. The summed E-state index contributed by atoms with van der Waals surface area (Å²) in [4.78, 5) is 16.3. The smallest absolute Gasteiger partial charge is 0.227 e. The summed E-state index contributed by atoms with van der Waals surface area (Å²) in [6.45, 7) is 1.29. The van der Waals surface area contributed by atoms with E-state index in [1.807, 2.05) is 18.2 Å². The van der Waals surface area contributed by atoms with Crippen LogP contribution in [0.2, 0.25) is 0 Å². The van der Waals surface area contributed by atoms with E-state index in [0.29, 0.717) is 18.9 Å². The lowest BCUT2D eigenvalue weighted by atomic mass is 9.99. The van der Waals surface area contributed by atoms with E-state index in [-0.39, 0.29) is 11.8 Å². The molecule has 0 saturated carbocycles. The van der Waals surface area contributed by atoms with Crippen molar-refractivity contribution in [1.29, 1.82) is 0 Å². The Bertz CT molecular complexity index is 624. The first kappa shape index (κ1) is 14.2. The lowest BCUT2D eigenvalue weighted by molar-refractivity contribution is -0.122. The summed E-state index contributed by atoms with van der Waals surface area (Å²) in [6, 6.07) is 5.66. The van der Waals surface area contributed by atoms with Crippen molar-refractivity contribution in [1.82, 2.24) is 14.8 Å². The number of rotatable bonds is 3. The van der Waals surface area contributed by atoms with Crippen molar-refractivity contribution in [3.63, 3.8) is 0 Å². The van der Waals surface area contributed by atoms with Gasteiger partial charge in [-0.3, -0.25) is 4.79 Å². The molecule has 1 aromatic carbocycles. The summed E-state index contributed by atoms with van der Waals surface area (Å²) in [7, 11) is 0. The molecule has 1 fully saturated rings. The zero-order valence-electron chi connectivity index (χ0n) is 11.3. The Morgan fingerprint density at radius 1 is 1.38 bits per heavy atom. The van der Waals surface area contributed by atoms with Crippen molar-refractivity contribution in [2.75, 3.05) is 18.5 Å². The molecule has 1 aromatic heterocycles. The fourth-order valence-corrected chi connectivity index (χ4v) is 2.70. The van der Waals surface area contributed by atoms with Crippen LogP contribution in [-0.4, -0.2) is 33.9 Å². The number of carbonyl (C=O) groups excluding carboxylic acids is 1. The molecule has 0 aliphatic carbocycles. The minimum Gasteiger partial charge on any atom is -0.381 e. The SMILES string of the molecule is O=C(Nc1cc(Br)ccc1-n1cncn1)C1CCOCC1. The van der Waals surface area contributed by atoms with Crippen LogP contribution in [0.15, 0.2) is 35.3 Å². The van der Waals surface area contributed by atoms with E-state index in [1.165, 1.54) is 6.33 Å². The highest BCUT2D eigenvalue weighted by Crippen LogP contribution is 2.26. The average molecular weight is 351 g/mol. The lowest BCUT2D eigenvalue weighted by Gasteiger charge is -2.22. The van der Waals surface area contributed by atoms with Gasteiger partial charge in [-0.1, -0.05) is 15.9 Å². The van der Waals surface area contributed by atoms with E-state index < -0.39 is 0 Å². The average Bonchev–Trinajstić information content (AvgIpc) is 3.02. The standard InChI is InChI=1S/C14H15BrN4O2/c15-11-1-2-13(19-9-16-8-17-19)12(7-11)18-14(20)10-3-5-21-6-4-10/h1-2,7-10H,3-6H2,(H,18,20). The molecule has 1 N–H and O–H groups in total. The van der Waals surface area contributed by atoms with Crippen LogP contribution in [0.3, 0.4) is 0 Å². The third-order valence-corrected chi connectivity index (χ3v) is 3.97. The van der Waals surface area contributed by atoms with E-state index >= 15 is 0 Å². The molecule has 1 aliphatic heterocycles. The Morgan fingerprint density at radius 2 is 2.19 bits per heavy atom. The monoisotopic (exact) mass is 350 g/mol. The van der Waals surface area contributed by atoms with E-state index in [0.717, 1.165) is 23.0 Å². The van der Waals surface area contributed by atoms with Gasteiger partial charge in [-0.05, 0) is 31.0 Å². The van der Waals surface area contributed by atoms with Gasteiger partial charge in [-0.25, -0.2) is 9.67 Å². The first-order valence-corrected chi connectivity index (χ1v) is 7.56. The molecule has 0 spiro atoms. The van der Waals surface area contributed by atoms with Crippen LogP contribution < -0.4 is 5.32 Å². The fraction of sp³-hybridized carbons (Fsp3) is 0.357. The zero-order chi connectivity index (χ0) is 14.7. The molecule has 1 amide bonds. The number of hydrogen-bond donors (Lipinski definition) is 1. The van der Waals surface area contributed by atoms with E-state index in [4.69, 9.17) is 4.74 Å². The minimum atomic E-state index is 0.00123. The third-order valence-electron chi connectivity index (χ3n) is 3.47. The molecule has 0 atom stereocenters. The second kappa shape index (κ2) is 6.36. The Morgan fingerprint density at radius 3 is 2.90 bits per heavy atom. The molecule has 21 heavy (non-hydrogen) atoms. The summed E-state index contributed by atoms with van der Waals surface area (Å²) in [5, 5.41) is 7.11. The summed E-state index contributed by atoms with van der Waals surface area (Å²) < 4.78 is 7.82. The Labute approximate surface area is 130 Å². The maximum atomic E-state index is 12.4. The number of benzene rings is 1. The molecule has 0 radical (unpaired) electrons. The molecular formula is C14H15BrN4O2. The number of nitrogens with one attached hydrogen (secondary N) is 1. The summed E-state index contributed by atoms with van der Waals surface area (Å²) in [6.07, 6.45) is 4.59. The summed E-state index contributed by atoms with van der Waals surface area (Å²) >= 11 is 3.43. The molecule has 6 nitrogen and oxygen atoms in total. The van der Waals surface area contributed by atoms with E-state index in [1.54, 1.807) is 11.0 Å². The molecule has 2 aromatic rings.